The van der Waals surface area contributed by atoms with Crippen LogP contribution in [0.2, 0.25) is 0 Å². The lowest BCUT2D eigenvalue weighted by Crippen LogP contribution is -2.37. The SMILES string of the molecule is O=C(CN1Cc2ccc(N3CC[C@@H](Oc4ccc(OCC5CC5)nc4)C3=O)cc2C1=O)NCCCO. The smallest absolute Gasteiger partial charge is 0.268 e. The second-order valence-corrected chi connectivity index (χ2v) is 9.40. The number of nitrogens with zero attached hydrogens (tertiary/aromatic N) is 3. The van der Waals surface area contributed by atoms with Crippen LogP contribution in [0.15, 0.2) is 36.5 Å². The van der Waals surface area contributed by atoms with Crippen molar-refractivity contribution >= 4 is 23.4 Å². The van der Waals surface area contributed by atoms with Crippen LogP contribution in [0.3, 0.4) is 0 Å². The number of carbonyl (C=O) groups is 3. The molecule has 3 amide bonds. The molecule has 1 saturated carbocycles. The number of aliphatic hydroxyl groups excluding tert-OH is 1. The molecule has 10 heteroatoms. The lowest BCUT2D eigenvalue weighted by Gasteiger charge is -2.18. The van der Waals surface area contributed by atoms with E-state index in [4.69, 9.17) is 14.6 Å². The molecule has 3 heterocycles. The van der Waals surface area contributed by atoms with E-state index in [1.165, 1.54) is 17.7 Å². The van der Waals surface area contributed by atoms with Gasteiger partial charge in [0.05, 0.1) is 12.8 Å². The number of fused-ring (bicyclic) bond motifs is 1. The number of pyridine rings is 1. The van der Waals surface area contributed by atoms with Crippen LogP contribution in [0.5, 0.6) is 11.6 Å². The minimum absolute atomic E-state index is 0.00324. The van der Waals surface area contributed by atoms with Crippen LogP contribution in [-0.2, 0) is 16.1 Å². The van der Waals surface area contributed by atoms with Crippen LogP contribution < -0.4 is 19.7 Å². The van der Waals surface area contributed by atoms with Crippen LogP contribution in [0.25, 0.3) is 0 Å². The number of amides is 3. The van der Waals surface area contributed by atoms with Gasteiger partial charge in [-0.1, -0.05) is 6.07 Å². The topological polar surface area (TPSA) is 121 Å². The first-order chi connectivity index (χ1) is 17.5. The predicted molar refractivity (Wildman–Crippen MR) is 130 cm³/mol. The monoisotopic (exact) mass is 494 g/mol. The molecule has 1 aromatic heterocycles. The van der Waals surface area contributed by atoms with E-state index in [2.05, 4.69) is 10.3 Å². The Kier molecular flexibility index (Phi) is 7.04. The van der Waals surface area contributed by atoms with Crippen molar-refractivity contribution in [3.05, 3.63) is 47.7 Å². The van der Waals surface area contributed by atoms with E-state index in [1.807, 2.05) is 12.1 Å². The van der Waals surface area contributed by atoms with Gasteiger partial charge in [-0.05, 0) is 48.9 Å². The molecule has 5 rings (SSSR count). The van der Waals surface area contributed by atoms with Crippen molar-refractivity contribution in [2.75, 3.05) is 37.7 Å². The van der Waals surface area contributed by atoms with Gasteiger partial charge in [0.2, 0.25) is 11.8 Å². The van der Waals surface area contributed by atoms with Crippen molar-refractivity contribution in [3.63, 3.8) is 0 Å². The highest BCUT2D eigenvalue weighted by molar-refractivity contribution is 6.03. The van der Waals surface area contributed by atoms with Crippen molar-refractivity contribution in [3.8, 4) is 11.6 Å². The molecule has 0 unspecified atom stereocenters. The zero-order valence-electron chi connectivity index (χ0n) is 20.0. The van der Waals surface area contributed by atoms with E-state index in [1.54, 1.807) is 29.3 Å². The fraction of sp³-hybridized carbons (Fsp3) is 0.462. The highest BCUT2D eigenvalue weighted by atomic mass is 16.5. The number of nitrogens with one attached hydrogen (secondary N) is 1. The van der Waals surface area contributed by atoms with Gasteiger partial charge in [0, 0.05) is 50.0 Å². The summed E-state index contributed by atoms with van der Waals surface area (Å²) in [5.41, 5.74) is 1.95. The van der Waals surface area contributed by atoms with Gasteiger partial charge in [0.15, 0.2) is 6.10 Å². The molecule has 2 N–H and O–H groups in total. The lowest BCUT2D eigenvalue weighted by molar-refractivity contribution is -0.123. The van der Waals surface area contributed by atoms with E-state index >= 15 is 0 Å². The van der Waals surface area contributed by atoms with Crippen LogP contribution >= 0.6 is 0 Å². The highest BCUT2D eigenvalue weighted by Gasteiger charge is 2.36. The second kappa shape index (κ2) is 10.5. The molecule has 3 aliphatic rings. The van der Waals surface area contributed by atoms with Gasteiger partial charge >= 0.3 is 0 Å². The van der Waals surface area contributed by atoms with Gasteiger partial charge < -0.3 is 29.7 Å². The summed E-state index contributed by atoms with van der Waals surface area (Å²) in [6.45, 7) is 1.81. The summed E-state index contributed by atoms with van der Waals surface area (Å²) in [6, 6.07) is 8.88. The highest BCUT2D eigenvalue weighted by Crippen LogP contribution is 2.31. The summed E-state index contributed by atoms with van der Waals surface area (Å²) < 4.78 is 11.5. The minimum Gasteiger partial charge on any atom is -0.479 e. The third-order valence-electron chi connectivity index (χ3n) is 6.58. The molecule has 0 bridgehead atoms. The molecule has 2 aliphatic heterocycles. The number of aromatic nitrogens is 1. The molecule has 10 nitrogen and oxygen atoms in total. The summed E-state index contributed by atoms with van der Waals surface area (Å²) in [5, 5.41) is 11.5. The van der Waals surface area contributed by atoms with Crippen molar-refractivity contribution in [2.45, 2.75) is 38.3 Å². The second-order valence-electron chi connectivity index (χ2n) is 9.40. The largest absolute Gasteiger partial charge is 0.479 e. The summed E-state index contributed by atoms with van der Waals surface area (Å²) in [6.07, 6.45) is 4.34. The molecule has 0 radical (unpaired) electrons. The average Bonchev–Trinajstić information content (AvgIpc) is 3.58. The first kappa shape index (κ1) is 24.1. The van der Waals surface area contributed by atoms with Gasteiger partial charge in [-0.15, -0.1) is 0 Å². The Labute approximate surface area is 209 Å². The number of rotatable bonds is 11. The summed E-state index contributed by atoms with van der Waals surface area (Å²) in [4.78, 5) is 45.4. The first-order valence-corrected chi connectivity index (χ1v) is 12.4. The van der Waals surface area contributed by atoms with Gasteiger partial charge in [-0.3, -0.25) is 14.4 Å². The number of aliphatic hydroxyl groups is 1. The van der Waals surface area contributed by atoms with Crippen LogP contribution in [-0.4, -0.2) is 71.7 Å². The predicted octanol–water partition coefficient (Wildman–Crippen LogP) is 1.51. The van der Waals surface area contributed by atoms with Gasteiger partial charge in [-0.2, -0.15) is 0 Å². The quantitative estimate of drug-likeness (QED) is 0.454. The number of benzene rings is 1. The van der Waals surface area contributed by atoms with Crippen molar-refractivity contribution in [1.82, 2.24) is 15.2 Å². The summed E-state index contributed by atoms with van der Waals surface area (Å²) in [7, 11) is 0. The molecule has 0 spiro atoms. The number of ether oxygens (including phenoxy) is 2. The maximum Gasteiger partial charge on any atom is 0.268 e. The summed E-state index contributed by atoms with van der Waals surface area (Å²) in [5.74, 6) is 1.02. The third kappa shape index (κ3) is 5.43. The fourth-order valence-corrected chi connectivity index (χ4v) is 4.37. The number of hydrogen-bond donors (Lipinski definition) is 2. The number of anilines is 1. The molecule has 2 aromatic rings. The average molecular weight is 495 g/mol. The van der Waals surface area contributed by atoms with E-state index in [9.17, 15) is 14.4 Å². The molecule has 1 aliphatic carbocycles. The van der Waals surface area contributed by atoms with Crippen molar-refractivity contribution in [2.24, 2.45) is 5.92 Å². The van der Waals surface area contributed by atoms with Gasteiger partial charge in [-0.25, -0.2) is 4.98 Å². The standard InChI is InChI=1S/C26H30N4O6/c31-11-1-9-27-23(32)15-29-14-18-4-5-19(12-21(18)25(29)33)30-10-8-22(26(30)34)36-20-6-7-24(28-13-20)35-16-17-2-3-17/h4-7,12-13,17,22,31H,1-3,8-11,14-16H2,(H,27,32)/t22-/m1/s1. The fourth-order valence-electron chi connectivity index (χ4n) is 4.37. The normalized spacial score (nSPS) is 19.0. The Balaban J connectivity index is 1.17. The van der Waals surface area contributed by atoms with E-state index in [0.717, 1.165) is 5.56 Å². The Morgan fingerprint density at radius 1 is 1.17 bits per heavy atom. The Morgan fingerprint density at radius 2 is 2.03 bits per heavy atom. The Hall–Kier alpha value is -3.66. The molecule has 36 heavy (non-hydrogen) atoms. The zero-order valence-corrected chi connectivity index (χ0v) is 20.0. The van der Waals surface area contributed by atoms with Crippen molar-refractivity contribution in [1.29, 1.82) is 0 Å². The lowest BCUT2D eigenvalue weighted by atomic mass is 10.1. The zero-order chi connectivity index (χ0) is 25.1. The van der Waals surface area contributed by atoms with Crippen LogP contribution in [0.1, 0.15) is 41.6 Å². The van der Waals surface area contributed by atoms with E-state index in [-0.39, 0.29) is 30.9 Å². The maximum atomic E-state index is 13.1. The van der Waals surface area contributed by atoms with E-state index < -0.39 is 6.10 Å². The van der Waals surface area contributed by atoms with E-state index in [0.29, 0.717) is 67.9 Å². The Morgan fingerprint density at radius 3 is 2.78 bits per heavy atom. The Bertz CT molecular complexity index is 1130. The number of carbonyl (C=O) groups excluding carboxylic acids is 3. The minimum atomic E-state index is -0.631. The van der Waals surface area contributed by atoms with Crippen LogP contribution in [0.4, 0.5) is 5.69 Å². The molecule has 1 atom stereocenters. The molecule has 1 saturated heterocycles. The van der Waals surface area contributed by atoms with Crippen LogP contribution in [0, 0.1) is 5.92 Å². The summed E-state index contributed by atoms with van der Waals surface area (Å²) >= 11 is 0. The molecule has 1 aromatic carbocycles. The molecular formula is C26H30N4O6. The van der Waals surface area contributed by atoms with Gasteiger partial charge in [0.1, 0.15) is 12.3 Å². The van der Waals surface area contributed by atoms with Crippen molar-refractivity contribution < 1.29 is 29.0 Å². The molecule has 2 fully saturated rings. The maximum absolute atomic E-state index is 13.1. The molecular weight excluding hydrogens is 464 g/mol. The number of hydrogen-bond acceptors (Lipinski definition) is 7. The first-order valence-electron chi connectivity index (χ1n) is 12.4. The third-order valence-corrected chi connectivity index (χ3v) is 6.58. The van der Waals surface area contributed by atoms with Gasteiger partial charge in [0.25, 0.3) is 11.8 Å². The molecule has 190 valence electrons.